The Morgan fingerprint density at radius 1 is 1.29 bits per heavy atom. The van der Waals surface area contributed by atoms with Gasteiger partial charge in [0.15, 0.2) is 0 Å². The number of nitrogens with one attached hydrogen (secondary N) is 1. The smallest absolute Gasteiger partial charge is 0.0994 e. The van der Waals surface area contributed by atoms with E-state index in [0.29, 0.717) is 12.0 Å². The molecule has 0 spiro atoms. The summed E-state index contributed by atoms with van der Waals surface area (Å²) in [5.41, 5.74) is 4.92. The van der Waals surface area contributed by atoms with Crippen LogP contribution in [0.3, 0.4) is 0 Å². The van der Waals surface area contributed by atoms with Gasteiger partial charge in [0.1, 0.15) is 0 Å². The molecule has 0 amide bonds. The molecular weight excluding hydrogens is 258 g/mol. The van der Waals surface area contributed by atoms with Crippen LogP contribution in [-0.4, -0.2) is 30.6 Å². The van der Waals surface area contributed by atoms with Gasteiger partial charge in [0, 0.05) is 24.2 Å². The molecule has 0 unspecified atom stereocenters. The van der Waals surface area contributed by atoms with Gasteiger partial charge in [-0.15, -0.1) is 0 Å². The topological polar surface area (TPSA) is 39.1 Å². The van der Waals surface area contributed by atoms with Gasteiger partial charge in [-0.2, -0.15) is 5.26 Å². The number of nitrogens with zero attached hydrogens (tertiary/aromatic N) is 2. The monoisotopic (exact) mass is 283 g/mol. The van der Waals surface area contributed by atoms with E-state index < -0.39 is 0 Å². The van der Waals surface area contributed by atoms with Gasteiger partial charge in [-0.1, -0.05) is 13.8 Å². The van der Waals surface area contributed by atoms with Gasteiger partial charge in [0.2, 0.25) is 0 Å². The lowest BCUT2D eigenvalue weighted by Gasteiger charge is -2.37. The van der Waals surface area contributed by atoms with E-state index in [4.69, 9.17) is 0 Å². The van der Waals surface area contributed by atoms with Crippen LogP contribution in [0.25, 0.3) is 0 Å². The molecule has 2 atom stereocenters. The van der Waals surface area contributed by atoms with Crippen LogP contribution in [0.4, 0.5) is 5.69 Å². The van der Waals surface area contributed by atoms with Crippen LogP contribution in [0.15, 0.2) is 12.1 Å². The van der Waals surface area contributed by atoms with Crippen molar-refractivity contribution in [2.45, 2.75) is 51.5 Å². The molecule has 0 bridgehead atoms. The van der Waals surface area contributed by atoms with Gasteiger partial charge in [0.25, 0.3) is 0 Å². The molecule has 3 rings (SSSR count). The molecule has 1 aromatic rings. The van der Waals surface area contributed by atoms with Crippen molar-refractivity contribution in [3.63, 3.8) is 0 Å². The summed E-state index contributed by atoms with van der Waals surface area (Å²) in [6.07, 6.45) is 4.70. The second-order valence-corrected chi connectivity index (χ2v) is 6.37. The Kier molecular flexibility index (Phi) is 4.17. The number of hydrogen-bond acceptors (Lipinski definition) is 3. The van der Waals surface area contributed by atoms with Crippen molar-refractivity contribution in [2.75, 3.05) is 25.0 Å². The van der Waals surface area contributed by atoms with Gasteiger partial charge in [-0.25, -0.2) is 0 Å². The van der Waals surface area contributed by atoms with Crippen LogP contribution in [0.1, 0.15) is 55.7 Å². The first-order chi connectivity index (χ1) is 10.3. The lowest BCUT2D eigenvalue weighted by atomic mass is 9.78. The second-order valence-electron chi connectivity index (χ2n) is 6.37. The van der Waals surface area contributed by atoms with Crippen molar-refractivity contribution >= 4 is 5.69 Å². The number of nitriles is 1. The second kappa shape index (κ2) is 6.07. The Bertz CT molecular complexity index is 552. The van der Waals surface area contributed by atoms with Crippen LogP contribution < -0.4 is 5.32 Å². The molecule has 1 aromatic carbocycles. The molecule has 0 saturated heterocycles. The van der Waals surface area contributed by atoms with Crippen LogP contribution in [-0.2, 0) is 6.42 Å². The average molecular weight is 283 g/mol. The fourth-order valence-electron chi connectivity index (χ4n) is 4.12. The highest BCUT2D eigenvalue weighted by Crippen LogP contribution is 2.43. The summed E-state index contributed by atoms with van der Waals surface area (Å²) in [4.78, 5) is 2.65. The Morgan fingerprint density at radius 3 is 2.71 bits per heavy atom. The van der Waals surface area contributed by atoms with Gasteiger partial charge in [0.05, 0.1) is 11.6 Å². The molecule has 1 aliphatic heterocycles. The van der Waals surface area contributed by atoms with Crippen LogP contribution in [0.2, 0.25) is 0 Å². The summed E-state index contributed by atoms with van der Waals surface area (Å²) < 4.78 is 0. The third-order valence-electron chi connectivity index (χ3n) is 4.96. The quantitative estimate of drug-likeness (QED) is 0.899. The lowest BCUT2D eigenvalue weighted by Crippen LogP contribution is -2.41. The third-order valence-corrected chi connectivity index (χ3v) is 4.96. The SMILES string of the molecule is CCCN(CCC)[C@H]1Cc2c(C#N)ccc3c2[C@@H](CN3)C1. The summed E-state index contributed by atoms with van der Waals surface area (Å²) in [7, 11) is 0. The van der Waals surface area contributed by atoms with Gasteiger partial charge in [-0.05, 0) is 62.0 Å². The Morgan fingerprint density at radius 2 is 2.05 bits per heavy atom. The first-order valence-corrected chi connectivity index (χ1v) is 8.32. The first kappa shape index (κ1) is 14.4. The molecule has 0 aromatic heterocycles. The maximum absolute atomic E-state index is 9.44. The van der Waals surface area contributed by atoms with Crippen molar-refractivity contribution < 1.29 is 0 Å². The molecule has 1 N–H and O–H groups in total. The predicted molar refractivity (Wildman–Crippen MR) is 86.7 cm³/mol. The van der Waals surface area contributed by atoms with E-state index in [1.165, 1.54) is 49.2 Å². The molecule has 112 valence electrons. The minimum Gasteiger partial charge on any atom is -0.384 e. The highest BCUT2D eigenvalue weighted by atomic mass is 15.2. The maximum Gasteiger partial charge on any atom is 0.0994 e. The van der Waals surface area contributed by atoms with Crippen molar-refractivity contribution in [3.05, 3.63) is 28.8 Å². The van der Waals surface area contributed by atoms with E-state index in [9.17, 15) is 5.26 Å². The van der Waals surface area contributed by atoms with E-state index >= 15 is 0 Å². The van der Waals surface area contributed by atoms with Crippen molar-refractivity contribution in [3.8, 4) is 6.07 Å². The summed E-state index contributed by atoms with van der Waals surface area (Å²) in [6.45, 7) is 7.91. The highest BCUT2D eigenvalue weighted by Gasteiger charge is 2.36. The molecule has 0 saturated carbocycles. The molecule has 3 nitrogen and oxygen atoms in total. The number of anilines is 1. The molecule has 1 heterocycles. The molecule has 21 heavy (non-hydrogen) atoms. The minimum atomic E-state index is 0.596. The van der Waals surface area contributed by atoms with Gasteiger partial charge >= 0.3 is 0 Å². The van der Waals surface area contributed by atoms with Crippen LogP contribution in [0.5, 0.6) is 0 Å². The summed E-state index contributed by atoms with van der Waals surface area (Å²) in [5.74, 6) is 0.596. The Hall–Kier alpha value is -1.53. The van der Waals surface area contributed by atoms with E-state index in [1.54, 1.807) is 0 Å². The average Bonchev–Trinajstić information content (AvgIpc) is 2.92. The molecule has 2 aliphatic rings. The lowest BCUT2D eigenvalue weighted by molar-refractivity contribution is 0.172. The molecule has 1 aliphatic carbocycles. The summed E-state index contributed by atoms with van der Waals surface area (Å²) in [6, 6.07) is 7.10. The normalized spacial score (nSPS) is 22.8. The van der Waals surface area contributed by atoms with E-state index in [2.05, 4.69) is 36.2 Å². The fraction of sp³-hybridized carbons (Fsp3) is 0.611. The van der Waals surface area contributed by atoms with Gasteiger partial charge < -0.3 is 10.2 Å². The third kappa shape index (κ3) is 2.53. The highest BCUT2D eigenvalue weighted by molar-refractivity contribution is 5.65. The maximum atomic E-state index is 9.44. The first-order valence-electron chi connectivity index (χ1n) is 8.32. The number of hydrogen-bond donors (Lipinski definition) is 1. The summed E-state index contributed by atoms with van der Waals surface area (Å²) >= 11 is 0. The van der Waals surface area contributed by atoms with Crippen LogP contribution >= 0.6 is 0 Å². The molecule has 3 heteroatoms. The molecule has 0 fully saturated rings. The van der Waals surface area contributed by atoms with E-state index in [-0.39, 0.29) is 0 Å². The number of benzene rings is 1. The van der Waals surface area contributed by atoms with Crippen LogP contribution in [0, 0.1) is 11.3 Å². The largest absolute Gasteiger partial charge is 0.384 e. The molecular formula is C18H25N3. The minimum absolute atomic E-state index is 0.596. The summed E-state index contributed by atoms with van der Waals surface area (Å²) in [5, 5.41) is 13.0. The zero-order valence-corrected chi connectivity index (χ0v) is 13.2. The standard InChI is InChI=1S/C18H25N3/c1-3-7-21(8-4-2)15-9-14-12-20-17-6-5-13(11-19)16(10-15)18(14)17/h5-6,14-15,20H,3-4,7-10,12H2,1-2H3/t14-,15-/m1/s1. The van der Waals surface area contributed by atoms with Gasteiger partial charge in [-0.3, -0.25) is 0 Å². The van der Waals surface area contributed by atoms with E-state index in [0.717, 1.165) is 18.5 Å². The fourth-order valence-corrected chi connectivity index (χ4v) is 4.12. The zero-order chi connectivity index (χ0) is 14.8. The predicted octanol–water partition coefficient (Wildman–Crippen LogP) is 3.50. The number of rotatable bonds is 5. The van der Waals surface area contributed by atoms with Crippen molar-refractivity contribution in [2.24, 2.45) is 0 Å². The Balaban J connectivity index is 1.92. The van der Waals surface area contributed by atoms with Crippen molar-refractivity contribution in [1.82, 2.24) is 4.90 Å². The molecule has 0 radical (unpaired) electrons. The Labute approximate surface area is 128 Å². The van der Waals surface area contributed by atoms with Crippen molar-refractivity contribution in [1.29, 1.82) is 5.26 Å². The van der Waals surface area contributed by atoms with E-state index in [1.807, 2.05) is 6.07 Å². The zero-order valence-electron chi connectivity index (χ0n) is 13.2.